The molecule has 82 valence electrons. The van der Waals surface area contributed by atoms with Gasteiger partial charge in [-0.25, -0.2) is 4.39 Å². The molecule has 2 aliphatic heterocycles. The van der Waals surface area contributed by atoms with Crippen LogP contribution < -0.4 is 0 Å². The van der Waals surface area contributed by atoms with Gasteiger partial charge in [0.2, 0.25) is 0 Å². The predicted molar refractivity (Wildman–Crippen MR) is 57.1 cm³/mol. The third-order valence-electron chi connectivity index (χ3n) is 3.62. The van der Waals surface area contributed by atoms with Gasteiger partial charge in [-0.15, -0.1) is 0 Å². The number of hydrogen-bond donors (Lipinski definition) is 0. The fourth-order valence-electron chi connectivity index (χ4n) is 3.49. The molecule has 0 spiro atoms. The highest BCUT2D eigenvalue weighted by molar-refractivity contribution is 5.05. The molecule has 0 radical (unpaired) electrons. The summed E-state index contributed by atoms with van der Waals surface area (Å²) >= 11 is 0. The van der Waals surface area contributed by atoms with Gasteiger partial charge in [-0.2, -0.15) is 0 Å². The molecule has 2 rings (SSSR count). The molecule has 0 aromatic carbocycles. The van der Waals surface area contributed by atoms with Crippen LogP contribution in [-0.2, 0) is 0 Å². The van der Waals surface area contributed by atoms with Crippen molar-refractivity contribution in [2.45, 2.75) is 58.2 Å². The zero-order chi connectivity index (χ0) is 10.4. The van der Waals surface area contributed by atoms with Gasteiger partial charge in [0.15, 0.2) is 0 Å². The summed E-state index contributed by atoms with van der Waals surface area (Å²) in [6.45, 7) is 8.62. The second-order valence-corrected chi connectivity index (χ2v) is 6.31. The van der Waals surface area contributed by atoms with E-state index in [0.717, 1.165) is 19.4 Å². The van der Waals surface area contributed by atoms with Crippen LogP contribution in [0.4, 0.5) is 4.39 Å². The van der Waals surface area contributed by atoms with Gasteiger partial charge < -0.3 is 0 Å². The molecule has 0 aromatic rings. The average Bonchev–Trinajstić information content (AvgIpc) is 2.38. The molecule has 2 saturated heterocycles. The third-order valence-corrected chi connectivity index (χ3v) is 3.62. The molecule has 0 bridgehead atoms. The molecule has 0 unspecified atom stereocenters. The van der Waals surface area contributed by atoms with Crippen molar-refractivity contribution in [2.24, 2.45) is 5.41 Å². The monoisotopic (exact) mass is 199 g/mol. The summed E-state index contributed by atoms with van der Waals surface area (Å²) in [4.78, 5) is 2.41. The summed E-state index contributed by atoms with van der Waals surface area (Å²) < 4.78 is 13.4. The molecule has 2 atom stereocenters. The zero-order valence-electron chi connectivity index (χ0n) is 9.65. The fourth-order valence-corrected chi connectivity index (χ4v) is 3.49. The lowest BCUT2D eigenvalue weighted by molar-refractivity contribution is 0.129. The van der Waals surface area contributed by atoms with E-state index in [1.165, 1.54) is 12.8 Å². The minimum Gasteiger partial charge on any atom is -0.295 e. The van der Waals surface area contributed by atoms with Crippen LogP contribution in [-0.4, -0.2) is 29.7 Å². The Morgan fingerprint density at radius 2 is 2.14 bits per heavy atom. The van der Waals surface area contributed by atoms with Crippen LogP contribution in [0.2, 0.25) is 0 Å². The van der Waals surface area contributed by atoms with Gasteiger partial charge in [-0.05, 0) is 37.6 Å². The van der Waals surface area contributed by atoms with E-state index in [1.807, 2.05) is 0 Å². The zero-order valence-corrected chi connectivity index (χ0v) is 9.65. The highest BCUT2D eigenvalue weighted by atomic mass is 19.1. The lowest BCUT2D eigenvalue weighted by Crippen LogP contribution is -2.41. The van der Waals surface area contributed by atoms with Crippen molar-refractivity contribution >= 4 is 0 Å². The number of alkyl halides is 1. The van der Waals surface area contributed by atoms with Crippen LogP contribution >= 0.6 is 0 Å². The first kappa shape index (κ1) is 10.4. The summed E-state index contributed by atoms with van der Waals surface area (Å²) in [5.41, 5.74) is 0.546. The molecule has 2 fully saturated rings. The van der Waals surface area contributed by atoms with Crippen LogP contribution in [0.5, 0.6) is 0 Å². The van der Waals surface area contributed by atoms with Crippen molar-refractivity contribution in [1.29, 1.82) is 0 Å². The van der Waals surface area contributed by atoms with Gasteiger partial charge in [-0.3, -0.25) is 4.90 Å². The van der Waals surface area contributed by atoms with E-state index in [2.05, 4.69) is 25.7 Å². The van der Waals surface area contributed by atoms with E-state index in [1.54, 1.807) is 0 Å². The second-order valence-electron chi connectivity index (χ2n) is 6.31. The molecule has 14 heavy (non-hydrogen) atoms. The Balaban J connectivity index is 2.12. The highest BCUT2D eigenvalue weighted by Crippen LogP contribution is 2.46. The molecule has 0 amide bonds. The van der Waals surface area contributed by atoms with E-state index >= 15 is 0 Å². The van der Waals surface area contributed by atoms with Crippen molar-refractivity contribution in [2.75, 3.05) is 13.1 Å². The number of nitrogens with zero attached hydrogens (tertiary/aromatic N) is 1. The summed E-state index contributed by atoms with van der Waals surface area (Å²) in [7, 11) is 0. The first-order valence-corrected chi connectivity index (χ1v) is 5.80. The molecule has 0 saturated carbocycles. The number of halogens is 1. The van der Waals surface area contributed by atoms with Crippen molar-refractivity contribution in [3.8, 4) is 0 Å². The number of fused-ring (bicyclic) bond motifs is 1. The quantitative estimate of drug-likeness (QED) is 0.627. The van der Waals surface area contributed by atoms with Crippen molar-refractivity contribution in [1.82, 2.24) is 4.90 Å². The molecule has 2 aliphatic rings. The second kappa shape index (κ2) is 3.19. The number of hydrogen-bond acceptors (Lipinski definition) is 1. The Kier molecular flexibility index (Phi) is 2.37. The lowest BCUT2D eigenvalue weighted by atomic mass is 9.77. The predicted octanol–water partition coefficient (Wildman–Crippen LogP) is 3.00. The Bertz CT molecular complexity index is 221. The van der Waals surface area contributed by atoms with Gasteiger partial charge >= 0.3 is 0 Å². The van der Waals surface area contributed by atoms with Gasteiger partial charge in [-0.1, -0.05) is 20.8 Å². The average molecular weight is 199 g/mol. The molecule has 0 aromatic heterocycles. The van der Waals surface area contributed by atoms with E-state index in [-0.39, 0.29) is 5.54 Å². The minimum atomic E-state index is -0.572. The standard InChI is InChI=1S/C12H22FN/c1-11(2,3)9-12-5-4-6-14(12)8-10(13)7-12/h10H,4-9H2,1-3H3/t10-,12+/m1/s1. The summed E-state index contributed by atoms with van der Waals surface area (Å²) in [5, 5.41) is 0. The fraction of sp³-hybridized carbons (Fsp3) is 1.00. The Morgan fingerprint density at radius 1 is 1.43 bits per heavy atom. The van der Waals surface area contributed by atoms with Gasteiger partial charge in [0.05, 0.1) is 0 Å². The minimum absolute atomic E-state index is 0.220. The molecule has 0 N–H and O–H groups in total. The van der Waals surface area contributed by atoms with Crippen molar-refractivity contribution in [3.63, 3.8) is 0 Å². The molecular formula is C12H22FN. The maximum atomic E-state index is 13.4. The maximum absolute atomic E-state index is 13.4. The van der Waals surface area contributed by atoms with E-state index in [9.17, 15) is 4.39 Å². The summed E-state index contributed by atoms with van der Waals surface area (Å²) in [5.74, 6) is 0. The van der Waals surface area contributed by atoms with Crippen molar-refractivity contribution < 1.29 is 4.39 Å². The van der Waals surface area contributed by atoms with E-state index in [0.29, 0.717) is 12.0 Å². The maximum Gasteiger partial charge on any atom is 0.115 e. The molecular weight excluding hydrogens is 177 g/mol. The molecule has 2 heterocycles. The topological polar surface area (TPSA) is 3.24 Å². The first-order valence-electron chi connectivity index (χ1n) is 5.80. The first-order chi connectivity index (χ1) is 6.41. The smallest absolute Gasteiger partial charge is 0.115 e. The Labute approximate surface area is 86.7 Å². The SMILES string of the molecule is CC(C)(C)C[C@@]12CCCN1C[C@H](F)C2. The Morgan fingerprint density at radius 3 is 2.79 bits per heavy atom. The van der Waals surface area contributed by atoms with Gasteiger partial charge in [0.1, 0.15) is 6.17 Å². The summed E-state index contributed by atoms with van der Waals surface area (Å²) in [6, 6.07) is 0. The van der Waals surface area contributed by atoms with E-state index in [4.69, 9.17) is 0 Å². The third kappa shape index (κ3) is 1.81. The lowest BCUT2D eigenvalue weighted by Gasteiger charge is -2.37. The number of rotatable bonds is 1. The summed E-state index contributed by atoms with van der Waals surface area (Å²) in [6.07, 6.45) is 3.84. The van der Waals surface area contributed by atoms with Crippen LogP contribution in [0.15, 0.2) is 0 Å². The highest BCUT2D eigenvalue weighted by Gasteiger charge is 2.49. The largest absolute Gasteiger partial charge is 0.295 e. The van der Waals surface area contributed by atoms with Crippen LogP contribution in [0.1, 0.15) is 46.5 Å². The molecule has 0 aliphatic carbocycles. The van der Waals surface area contributed by atoms with Gasteiger partial charge in [0.25, 0.3) is 0 Å². The van der Waals surface area contributed by atoms with Crippen LogP contribution in [0.25, 0.3) is 0 Å². The molecule has 2 heteroatoms. The van der Waals surface area contributed by atoms with E-state index < -0.39 is 6.17 Å². The normalized spacial score (nSPS) is 39.0. The molecule has 1 nitrogen and oxygen atoms in total. The van der Waals surface area contributed by atoms with Crippen LogP contribution in [0, 0.1) is 5.41 Å². The van der Waals surface area contributed by atoms with Crippen molar-refractivity contribution in [3.05, 3.63) is 0 Å². The Hall–Kier alpha value is -0.110. The van der Waals surface area contributed by atoms with Gasteiger partial charge in [0, 0.05) is 12.1 Å². The van der Waals surface area contributed by atoms with Crippen LogP contribution in [0.3, 0.4) is 0 Å².